The van der Waals surface area contributed by atoms with Gasteiger partial charge < -0.3 is 15.7 Å². The highest BCUT2D eigenvalue weighted by atomic mass is 16.3. The van der Waals surface area contributed by atoms with Gasteiger partial charge in [0.25, 0.3) is 0 Å². The highest BCUT2D eigenvalue weighted by Crippen LogP contribution is 2.28. The van der Waals surface area contributed by atoms with Gasteiger partial charge in [0.1, 0.15) is 0 Å². The first-order valence-corrected chi connectivity index (χ1v) is 7.33. The molecule has 0 spiro atoms. The van der Waals surface area contributed by atoms with Crippen LogP contribution < -0.4 is 5.73 Å². The molecule has 3 N–H and O–H groups in total. The summed E-state index contributed by atoms with van der Waals surface area (Å²) in [5, 5.41) is 8.92. The Morgan fingerprint density at radius 3 is 2.83 bits per heavy atom. The Kier molecular flexibility index (Phi) is 5.01. The fraction of sp³-hybridized carbons (Fsp3) is 0.929. The van der Waals surface area contributed by atoms with Crippen molar-refractivity contribution in [3.05, 3.63) is 0 Å². The van der Waals surface area contributed by atoms with Crippen LogP contribution in [0.1, 0.15) is 44.9 Å². The maximum atomic E-state index is 12.2. The number of nitrogens with zero attached hydrogens (tertiary/aromatic N) is 1. The van der Waals surface area contributed by atoms with Crippen LogP contribution >= 0.6 is 0 Å². The standard InChI is InChI=1S/C14H26N2O2/c15-13-3-1-2-12(8-13)9-14(18)16-6-4-11(10-16)5-7-17/h11-13,17H,1-10,15H2. The summed E-state index contributed by atoms with van der Waals surface area (Å²) in [5.41, 5.74) is 5.96. The molecule has 1 saturated carbocycles. The molecule has 0 bridgehead atoms. The van der Waals surface area contributed by atoms with E-state index in [0.717, 1.165) is 45.2 Å². The molecule has 4 nitrogen and oxygen atoms in total. The zero-order valence-electron chi connectivity index (χ0n) is 11.2. The minimum Gasteiger partial charge on any atom is -0.396 e. The van der Waals surface area contributed by atoms with Crippen LogP contribution in [0, 0.1) is 11.8 Å². The van der Waals surface area contributed by atoms with Gasteiger partial charge in [-0.25, -0.2) is 0 Å². The smallest absolute Gasteiger partial charge is 0.222 e. The van der Waals surface area contributed by atoms with E-state index >= 15 is 0 Å². The van der Waals surface area contributed by atoms with Gasteiger partial charge in [-0.2, -0.15) is 0 Å². The molecule has 3 unspecified atom stereocenters. The minimum atomic E-state index is 0.240. The van der Waals surface area contributed by atoms with Gasteiger partial charge >= 0.3 is 0 Å². The number of aliphatic hydroxyl groups excluding tert-OH is 1. The van der Waals surface area contributed by atoms with Gasteiger partial charge in [0, 0.05) is 32.2 Å². The summed E-state index contributed by atoms with van der Waals surface area (Å²) < 4.78 is 0. The lowest BCUT2D eigenvalue weighted by Gasteiger charge is -2.27. The molecule has 2 fully saturated rings. The quantitative estimate of drug-likeness (QED) is 0.790. The van der Waals surface area contributed by atoms with Gasteiger partial charge in [-0.15, -0.1) is 0 Å². The monoisotopic (exact) mass is 254 g/mol. The summed E-state index contributed by atoms with van der Waals surface area (Å²) in [6, 6.07) is 0.303. The van der Waals surface area contributed by atoms with Gasteiger partial charge in [-0.05, 0) is 43.9 Å². The molecule has 3 atom stereocenters. The second kappa shape index (κ2) is 6.53. The molecule has 4 heteroatoms. The predicted octanol–water partition coefficient (Wildman–Crippen LogP) is 1.12. The summed E-state index contributed by atoms with van der Waals surface area (Å²) in [6.07, 6.45) is 7.03. The van der Waals surface area contributed by atoms with Crippen molar-refractivity contribution in [3.63, 3.8) is 0 Å². The molecular formula is C14H26N2O2. The molecule has 2 aliphatic rings. The van der Waals surface area contributed by atoms with Crippen molar-refractivity contribution in [2.24, 2.45) is 17.6 Å². The van der Waals surface area contributed by atoms with Gasteiger partial charge in [0.2, 0.25) is 5.91 Å². The Balaban J connectivity index is 1.74. The summed E-state index contributed by atoms with van der Waals surface area (Å²) in [7, 11) is 0. The Bertz CT molecular complexity index is 283. The van der Waals surface area contributed by atoms with Crippen molar-refractivity contribution in [2.75, 3.05) is 19.7 Å². The van der Waals surface area contributed by atoms with E-state index in [0.29, 0.717) is 30.2 Å². The lowest BCUT2D eigenvalue weighted by atomic mass is 9.84. The van der Waals surface area contributed by atoms with Gasteiger partial charge in [0.15, 0.2) is 0 Å². The third kappa shape index (κ3) is 3.69. The van der Waals surface area contributed by atoms with Gasteiger partial charge in [-0.1, -0.05) is 6.42 Å². The zero-order chi connectivity index (χ0) is 13.0. The number of rotatable bonds is 4. The normalized spacial score (nSPS) is 32.8. The van der Waals surface area contributed by atoms with Crippen LogP contribution in [0.4, 0.5) is 0 Å². The number of aliphatic hydroxyl groups is 1. The second-order valence-corrected chi connectivity index (χ2v) is 6.00. The number of amides is 1. The van der Waals surface area contributed by atoms with Crippen molar-refractivity contribution in [1.82, 2.24) is 4.90 Å². The number of hydrogen-bond donors (Lipinski definition) is 2. The summed E-state index contributed by atoms with van der Waals surface area (Å²) in [6.45, 7) is 1.96. The maximum absolute atomic E-state index is 12.2. The fourth-order valence-electron chi connectivity index (χ4n) is 3.37. The third-order valence-corrected chi connectivity index (χ3v) is 4.46. The van der Waals surface area contributed by atoms with Crippen LogP contribution in [0.25, 0.3) is 0 Å². The van der Waals surface area contributed by atoms with Crippen LogP contribution in [-0.4, -0.2) is 41.7 Å². The van der Waals surface area contributed by atoms with E-state index in [1.165, 1.54) is 6.42 Å². The summed E-state index contributed by atoms with van der Waals surface area (Å²) in [5.74, 6) is 1.31. The molecule has 1 aliphatic carbocycles. The summed E-state index contributed by atoms with van der Waals surface area (Å²) >= 11 is 0. The fourth-order valence-corrected chi connectivity index (χ4v) is 3.37. The van der Waals surface area contributed by atoms with Crippen molar-refractivity contribution >= 4 is 5.91 Å². The average Bonchev–Trinajstić information content (AvgIpc) is 2.78. The van der Waals surface area contributed by atoms with E-state index in [2.05, 4.69) is 0 Å². The summed E-state index contributed by atoms with van der Waals surface area (Å²) in [4.78, 5) is 14.2. The first-order valence-electron chi connectivity index (χ1n) is 7.33. The van der Waals surface area contributed by atoms with Crippen molar-refractivity contribution in [3.8, 4) is 0 Å². The number of carbonyl (C=O) groups is 1. The van der Waals surface area contributed by atoms with Crippen LogP contribution in [0.2, 0.25) is 0 Å². The number of likely N-dealkylation sites (tertiary alicyclic amines) is 1. The highest BCUT2D eigenvalue weighted by Gasteiger charge is 2.28. The van der Waals surface area contributed by atoms with Crippen molar-refractivity contribution in [2.45, 2.75) is 51.0 Å². The van der Waals surface area contributed by atoms with Crippen molar-refractivity contribution < 1.29 is 9.90 Å². The van der Waals surface area contributed by atoms with Crippen LogP contribution in [0.15, 0.2) is 0 Å². The second-order valence-electron chi connectivity index (χ2n) is 6.00. The van der Waals surface area contributed by atoms with E-state index in [9.17, 15) is 4.79 Å². The first-order chi connectivity index (χ1) is 8.69. The van der Waals surface area contributed by atoms with Gasteiger partial charge in [-0.3, -0.25) is 4.79 Å². The largest absolute Gasteiger partial charge is 0.396 e. The van der Waals surface area contributed by atoms with Crippen LogP contribution in [-0.2, 0) is 4.79 Å². The minimum absolute atomic E-state index is 0.240. The molecule has 0 aromatic heterocycles. The van der Waals surface area contributed by atoms with E-state index < -0.39 is 0 Å². The van der Waals surface area contributed by atoms with Gasteiger partial charge in [0.05, 0.1) is 0 Å². The molecule has 2 rings (SSSR count). The van der Waals surface area contributed by atoms with E-state index in [1.54, 1.807) is 0 Å². The molecular weight excluding hydrogens is 228 g/mol. The predicted molar refractivity (Wildman–Crippen MR) is 70.9 cm³/mol. The molecule has 1 aliphatic heterocycles. The molecule has 1 saturated heterocycles. The molecule has 104 valence electrons. The Morgan fingerprint density at radius 1 is 1.28 bits per heavy atom. The molecule has 0 radical (unpaired) electrons. The maximum Gasteiger partial charge on any atom is 0.222 e. The Labute approximate surface area is 110 Å². The van der Waals surface area contributed by atoms with E-state index in [-0.39, 0.29) is 6.61 Å². The molecule has 0 aromatic rings. The SMILES string of the molecule is NC1CCCC(CC(=O)N2CCC(CCO)C2)C1. The lowest BCUT2D eigenvalue weighted by molar-refractivity contribution is -0.131. The average molecular weight is 254 g/mol. The molecule has 0 aromatic carbocycles. The Hall–Kier alpha value is -0.610. The number of hydrogen-bond acceptors (Lipinski definition) is 3. The Morgan fingerprint density at radius 2 is 2.11 bits per heavy atom. The van der Waals surface area contributed by atoms with Crippen LogP contribution in [0.3, 0.4) is 0 Å². The molecule has 18 heavy (non-hydrogen) atoms. The third-order valence-electron chi connectivity index (χ3n) is 4.46. The first kappa shape index (κ1) is 13.8. The highest BCUT2D eigenvalue weighted by molar-refractivity contribution is 5.76. The van der Waals surface area contributed by atoms with E-state index in [1.807, 2.05) is 4.90 Å². The van der Waals surface area contributed by atoms with Crippen molar-refractivity contribution in [1.29, 1.82) is 0 Å². The lowest BCUT2D eigenvalue weighted by Crippen LogP contribution is -2.34. The topological polar surface area (TPSA) is 66.6 Å². The molecule has 1 heterocycles. The van der Waals surface area contributed by atoms with Crippen LogP contribution in [0.5, 0.6) is 0 Å². The number of nitrogens with two attached hydrogens (primary N) is 1. The van der Waals surface area contributed by atoms with E-state index in [4.69, 9.17) is 10.8 Å². The molecule has 1 amide bonds. The number of carbonyl (C=O) groups excluding carboxylic acids is 1. The zero-order valence-corrected chi connectivity index (χ0v) is 11.2.